The second-order valence-electron chi connectivity index (χ2n) is 7.08. The van der Waals surface area contributed by atoms with Gasteiger partial charge in [-0.3, -0.25) is 4.90 Å². The van der Waals surface area contributed by atoms with Crippen molar-refractivity contribution in [2.45, 2.75) is 44.3 Å². The van der Waals surface area contributed by atoms with Crippen LogP contribution in [0.2, 0.25) is 0 Å². The lowest BCUT2D eigenvalue weighted by atomic mass is 9.79. The Morgan fingerprint density at radius 2 is 1.77 bits per heavy atom. The largest absolute Gasteiger partial charge is 0.497 e. The van der Waals surface area contributed by atoms with Crippen molar-refractivity contribution < 1.29 is 17.9 Å². The number of methoxy groups -OCH3 is 1. The average molecular weight is 393 g/mol. The molecule has 148 valence electrons. The van der Waals surface area contributed by atoms with Crippen LogP contribution in [0, 0.1) is 5.92 Å². The Morgan fingerprint density at radius 3 is 2.35 bits per heavy atom. The molecule has 3 rings (SSSR count). The minimum Gasteiger partial charge on any atom is -0.497 e. The van der Waals surface area contributed by atoms with E-state index in [1.54, 1.807) is 12.1 Å². The zero-order valence-electron chi connectivity index (χ0n) is 15.1. The number of alkyl halides is 3. The molecule has 0 aromatic heterocycles. The van der Waals surface area contributed by atoms with Crippen LogP contribution in [-0.4, -0.2) is 38.2 Å². The summed E-state index contributed by atoms with van der Waals surface area (Å²) in [5.74, 6) is 0.556. The van der Waals surface area contributed by atoms with Gasteiger partial charge in [0, 0.05) is 32.2 Å². The number of nitrogens with zero attached hydrogens (tertiary/aromatic N) is 1. The maximum Gasteiger partial charge on any atom is 0.416 e. The molecule has 1 N–H and O–H groups in total. The summed E-state index contributed by atoms with van der Waals surface area (Å²) in [4.78, 5) is 2.25. The quantitative estimate of drug-likeness (QED) is 0.806. The van der Waals surface area contributed by atoms with Gasteiger partial charge in [-0.25, -0.2) is 0 Å². The van der Waals surface area contributed by atoms with E-state index in [0.717, 1.165) is 57.9 Å². The van der Waals surface area contributed by atoms with Crippen molar-refractivity contribution in [1.82, 2.24) is 10.2 Å². The van der Waals surface area contributed by atoms with Crippen LogP contribution < -0.4 is 10.1 Å². The first-order valence-corrected chi connectivity index (χ1v) is 9.20. The van der Waals surface area contributed by atoms with Crippen LogP contribution in [-0.2, 0) is 6.18 Å². The molecular formula is C19H28ClF3N2O. The summed E-state index contributed by atoms with van der Waals surface area (Å²) < 4.78 is 46.4. The molecule has 3 nitrogen and oxygen atoms in total. The third-order valence-electron chi connectivity index (χ3n) is 5.53. The van der Waals surface area contributed by atoms with Crippen molar-refractivity contribution in [1.29, 1.82) is 0 Å². The fourth-order valence-corrected chi connectivity index (χ4v) is 4.32. The van der Waals surface area contributed by atoms with Crippen molar-refractivity contribution in [2.75, 3.05) is 33.3 Å². The number of nitrogens with one attached hydrogen (secondary N) is 1. The Labute approximate surface area is 159 Å². The Hall–Kier alpha value is -0.980. The minimum atomic E-state index is -4.37. The van der Waals surface area contributed by atoms with Gasteiger partial charge in [0.1, 0.15) is 5.75 Å². The first-order valence-electron chi connectivity index (χ1n) is 9.20. The van der Waals surface area contributed by atoms with Crippen LogP contribution in [0.4, 0.5) is 13.2 Å². The molecule has 1 aromatic rings. The topological polar surface area (TPSA) is 24.5 Å². The van der Waals surface area contributed by atoms with E-state index < -0.39 is 11.7 Å². The molecule has 0 unspecified atom stereocenters. The molecule has 1 saturated heterocycles. The van der Waals surface area contributed by atoms with E-state index in [4.69, 9.17) is 4.74 Å². The number of rotatable bonds is 4. The number of hydrogen-bond acceptors (Lipinski definition) is 3. The summed E-state index contributed by atoms with van der Waals surface area (Å²) in [6.45, 7) is 3.26. The van der Waals surface area contributed by atoms with E-state index >= 15 is 0 Å². The van der Waals surface area contributed by atoms with Gasteiger partial charge < -0.3 is 10.1 Å². The van der Waals surface area contributed by atoms with Crippen LogP contribution in [0.15, 0.2) is 18.2 Å². The van der Waals surface area contributed by atoms with Gasteiger partial charge in [-0.05, 0) is 36.5 Å². The third kappa shape index (κ3) is 4.84. The highest BCUT2D eigenvalue weighted by molar-refractivity contribution is 5.85. The van der Waals surface area contributed by atoms with Crippen LogP contribution in [0.1, 0.15) is 49.3 Å². The fraction of sp³-hybridized carbons (Fsp3) is 0.684. The Morgan fingerprint density at radius 1 is 1.12 bits per heavy atom. The molecule has 1 atom stereocenters. The number of ether oxygens (including phenoxy) is 1. The van der Waals surface area contributed by atoms with E-state index in [9.17, 15) is 13.2 Å². The van der Waals surface area contributed by atoms with Crippen LogP contribution >= 0.6 is 12.4 Å². The van der Waals surface area contributed by atoms with Gasteiger partial charge in [-0.2, -0.15) is 13.2 Å². The molecule has 0 spiro atoms. The van der Waals surface area contributed by atoms with Gasteiger partial charge in [0.15, 0.2) is 0 Å². The van der Waals surface area contributed by atoms with Crippen molar-refractivity contribution in [3.8, 4) is 5.75 Å². The zero-order chi connectivity index (χ0) is 17.9. The first kappa shape index (κ1) is 21.3. The second kappa shape index (κ2) is 9.29. The molecule has 26 heavy (non-hydrogen) atoms. The lowest BCUT2D eigenvalue weighted by molar-refractivity contribution is -0.139. The summed E-state index contributed by atoms with van der Waals surface area (Å²) in [5, 5.41) is 3.30. The van der Waals surface area contributed by atoms with E-state index in [0.29, 0.717) is 11.5 Å². The maximum absolute atomic E-state index is 13.8. The molecule has 2 fully saturated rings. The first-order chi connectivity index (χ1) is 12.0. The predicted molar refractivity (Wildman–Crippen MR) is 99.0 cm³/mol. The fourth-order valence-electron chi connectivity index (χ4n) is 4.32. The lowest BCUT2D eigenvalue weighted by Crippen LogP contribution is -2.47. The number of piperazine rings is 1. The Bertz CT molecular complexity index is 552. The van der Waals surface area contributed by atoms with Crippen molar-refractivity contribution in [2.24, 2.45) is 5.92 Å². The van der Waals surface area contributed by atoms with Crippen LogP contribution in [0.25, 0.3) is 0 Å². The average Bonchev–Trinajstić information content (AvgIpc) is 2.63. The summed E-state index contributed by atoms with van der Waals surface area (Å²) in [6, 6.07) is 4.31. The van der Waals surface area contributed by atoms with Crippen LogP contribution in [0.5, 0.6) is 5.75 Å². The molecule has 1 aliphatic heterocycles. The molecule has 0 radical (unpaired) electrons. The van der Waals surface area contributed by atoms with Gasteiger partial charge in [-0.15, -0.1) is 12.4 Å². The molecule has 1 aromatic carbocycles. The van der Waals surface area contributed by atoms with Crippen molar-refractivity contribution in [3.05, 3.63) is 29.3 Å². The Balaban J connectivity index is 0.00000243. The number of halogens is 4. The van der Waals surface area contributed by atoms with E-state index in [-0.39, 0.29) is 24.2 Å². The highest BCUT2D eigenvalue weighted by Gasteiger charge is 2.40. The molecule has 1 saturated carbocycles. The van der Waals surface area contributed by atoms with Gasteiger partial charge >= 0.3 is 6.18 Å². The zero-order valence-corrected chi connectivity index (χ0v) is 16.0. The standard InChI is InChI=1S/C19H27F3N2O.ClH/c1-25-15-7-8-16(17(13-15)19(20,21)22)18(14-5-3-2-4-6-14)24-11-9-23-10-12-24;/h7-8,13-14,18,23H,2-6,9-12H2,1H3;1H/t18-;/m1./s1. The normalized spacial score (nSPS) is 21.1. The molecule has 7 heteroatoms. The number of hydrogen-bond donors (Lipinski definition) is 1. The Kier molecular flexibility index (Phi) is 7.62. The SMILES string of the molecule is COc1ccc([C@@H](C2CCCCC2)N2CCNCC2)c(C(F)(F)F)c1.Cl. The molecule has 1 heterocycles. The van der Waals surface area contributed by atoms with Gasteiger partial charge in [0.2, 0.25) is 0 Å². The summed E-state index contributed by atoms with van der Waals surface area (Å²) in [7, 11) is 1.41. The highest BCUT2D eigenvalue weighted by Crippen LogP contribution is 2.44. The highest BCUT2D eigenvalue weighted by atomic mass is 35.5. The van der Waals surface area contributed by atoms with E-state index in [1.807, 2.05) is 0 Å². The van der Waals surface area contributed by atoms with Gasteiger partial charge in [0.25, 0.3) is 0 Å². The molecule has 0 amide bonds. The maximum atomic E-state index is 13.8. The van der Waals surface area contributed by atoms with E-state index in [1.165, 1.54) is 13.5 Å². The third-order valence-corrected chi connectivity index (χ3v) is 5.53. The van der Waals surface area contributed by atoms with Crippen LogP contribution in [0.3, 0.4) is 0 Å². The van der Waals surface area contributed by atoms with Crippen molar-refractivity contribution in [3.63, 3.8) is 0 Å². The predicted octanol–water partition coefficient (Wildman–Crippen LogP) is 4.66. The molecule has 2 aliphatic rings. The molecular weight excluding hydrogens is 365 g/mol. The van der Waals surface area contributed by atoms with Gasteiger partial charge in [0.05, 0.1) is 12.7 Å². The minimum absolute atomic E-state index is 0. The lowest BCUT2D eigenvalue weighted by Gasteiger charge is -2.42. The summed E-state index contributed by atoms with van der Waals surface area (Å²) >= 11 is 0. The number of benzene rings is 1. The smallest absolute Gasteiger partial charge is 0.416 e. The second-order valence-corrected chi connectivity index (χ2v) is 7.08. The monoisotopic (exact) mass is 392 g/mol. The summed E-state index contributed by atoms with van der Waals surface area (Å²) in [5.41, 5.74) is -0.122. The molecule has 0 bridgehead atoms. The summed E-state index contributed by atoms with van der Waals surface area (Å²) in [6.07, 6.45) is 1.08. The molecule has 1 aliphatic carbocycles. The van der Waals surface area contributed by atoms with E-state index in [2.05, 4.69) is 10.2 Å². The van der Waals surface area contributed by atoms with Crippen molar-refractivity contribution >= 4 is 12.4 Å². The van der Waals surface area contributed by atoms with Gasteiger partial charge in [-0.1, -0.05) is 25.3 Å².